The number of pyridine rings is 1. The first-order valence-corrected chi connectivity index (χ1v) is 6.92. The van der Waals surface area contributed by atoms with Gasteiger partial charge in [0, 0.05) is 23.4 Å². The fourth-order valence-corrected chi connectivity index (χ4v) is 2.49. The second-order valence-electron chi connectivity index (χ2n) is 5.38. The van der Waals surface area contributed by atoms with Gasteiger partial charge in [0.25, 0.3) is 0 Å². The van der Waals surface area contributed by atoms with Crippen LogP contribution in [-0.4, -0.2) is 22.3 Å². The second kappa shape index (κ2) is 5.19. The van der Waals surface area contributed by atoms with Crippen molar-refractivity contribution < 1.29 is 9.90 Å². The van der Waals surface area contributed by atoms with Crippen molar-refractivity contribution in [2.75, 3.05) is 0 Å². The van der Waals surface area contributed by atoms with E-state index in [-0.39, 0.29) is 11.1 Å². The maximum absolute atomic E-state index is 11.3. The van der Waals surface area contributed by atoms with Gasteiger partial charge in [-0.3, -0.25) is 4.99 Å². The highest BCUT2D eigenvalue weighted by Crippen LogP contribution is 2.37. The summed E-state index contributed by atoms with van der Waals surface area (Å²) in [6.45, 7) is 6.18. The molecule has 0 aliphatic carbocycles. The summed E-state index contributed by atoms with van der Waals surface area (Å²) in [5.41, 5.74) is 0.0269. The topological polar surface area (TPSA) is 62.5 Å². The van der Waals surface area contributed by atoms with Crippen molar-refractivity contribution in [1.82, 2.24) is 4.98 Å². The molecule has 0 saturated carbocycles. The van der Waals surface area contributed by atoms with Crippen molar-refractivity contribution in [3.8, 4) is 0 Å². The Bertz CT molecular complexity index is 556. The highest BCUT2D eigenvalue weighted by atomic mass is 16.4. The molecule has 4 nitrogen and oxygen atoms in total. The Kier molecular flexibility index (Phi) is 3.75. The van der Waals surface area contributed by atoms with Gasteiger partial charge in [-0.15, -0.1) is 0 Å². The maximum atomic E-state index is 11.3. The lowest BCUT2D eigenvalue weighted by Gasteiger charge is -2.33. The molecule has 0 aromatic carbocycles. The Labute approximate surface area is 119 Å². The van der Waals surface area contributed by atoms with E-state index in [0.717, 1.165) is 12.8 Å². The Hall–Kier alpha value is -1.97. The Balaban J connectivity index is 2.45. The zero-order chi connectivity index (χ0) is 14.8. The minimum atomic E-state index is -1.02. The fraction of sp³-hybridized carbons (Fsp3) is 0.438. The Morgan fingerprint density at radius 1 is 1.30 bits per heavy atom. The van der Waals surface area contributed by atoms with Gasteiger partial charge >= 0.3 is 5.97 Å². The number of carboxylic acid groups (broad SMARTS) is 1. The Morgan fingerprint density at radius 2 is 2.00 bits per heavy atom. The van der Waals surface area contributed by atoms with E-state index in [2.05, 4.69) is 29.9 Å². The lowest BCUT2D eigenvalue weighted by molar-refractivity contribution is 0.0688. The minimum Gasteiger partial charge on any atom is -0.477 e. The van der Waals surface area contributed by atoms with Crippen LogP contribution in [0, 0.1) is 5.41 Å². The first-order valence-electron chi connectivity index (χ1n) is 6.92. The van der Waals surface area contributed by atoms with Crippen molar-refractivity contribution in [3.63, 3.8) is 0 Å². The molecule has 2 rings (SSSR count). The summed E-state index contributed by atoms with van der Waals surface area (Å²) >= 11 is 0. The van der Waals surface area contributed by atoms with E-state index in [9.17, 15) is 9.90 Å². The van der Waals surface area contributed by atoms with E-state index in [4.69, 9.17) is 0 Å². The second-order valence-corrected chi connectivity index (χ2v) is 5.38. The smallest absolute Gasteiger partial charge is 0.354 e. The summed E-state index contributed by atoms with van der Waals surface area (Å²) < 4.78 is 0. The van der Waals surface area contributed by atoms with E-state index in [1.165, 1.54) is 6.20 Å². The number of allylic oxidation sites excluding steroid dienone is 1. The molecular formula is C16H20N2O2. The molecule has 1 aromatic heterocycles. The number of aliphatic imine (C=N–C) groups is 1. The summed E-state index contributed by atoms with van der Waals surface area (Å²) in [5, 5.41) is 9.27. The number of carboxylic acids is 1. The normalized spacial score (nSPS) is 23.8. The fourth-order valence-electron chi connectivity index (χ4n) is 2.49. The zero-order valence-corrected chi connectivity index (χ0v) is 12.1. The van der Waals surface area contributed by atoms with Crippen LogP contribution >= 0.6 is 0 Å². The van der Waals surface area contributed by atoms with E-state index in [1.54, 1.807) is 12.1 Å². The van der Waals surface area contributed by atoms with Crippen LogP contribution in [0.1, 0.15) is 49.7 Å². The van der Waals surface area contributed by atoms with Crippen molar-refractivity contribution >= 4 is 12.2 Å². The predicted octanol–water partition coefficient (Wildman–Crippen LogP) is 3.44. The van der Waals surface area contributed by atoms with Crippen molar-refractivity contribution in [3.05, 3.63) is 41.7 Å². The number of aromatic carboxylic acids is 1. The zero-order valence-electron chi connectivity index (χ0n) is 12.1. The first kappa shape index (κ1) is 14.4. The first-order chi connectivity index (χ1) is 9.46. The van der Waals surface area contributed by atoms with Crippen LogP contribution < -0.4 is 0 Å². The number of dihydropyridines is 1. The lowest BCUT2D eigenvalue weighted by atomic mass is 9.77. The quantitative estimate of drug-likeness (QED) is 0.854. The third-order valence-electron chi connectivity index (χ3n) is 4.20. The van der Waals surface area contributed by atoms with Gasteiger partial charge in [-0.05, 0) is 25.8 Å². The molecule has 0 spiro atoms. The third-order valence-corrected chi connectivity index (χ3v) is 4.20. The largest absolute Gasteiger partial charge is 0.477 e. The van der Waals surface area contributed by atoms with E-state index < -0.39 is 11.5 Å². The molecule has 0 bridgehead atoms. The van der Waals surface area contributed by atoms with Crippen molar-refractivity contribution in [1.29, 1.82) is 0 Å². The molecule has 4 heteroatoms. The van der Waals surface area contributed by atoms with Gasteiger partial charge in [-0.25, -0.2) is 9.78 Å². The molecule has 106 valence electrons. The molecule has 2 heterocycles. The monoisotopic (exact) mass is 272 g/mol. The van der Waals surface area contributed by atoms with Crippen LogP contribution in [0.15, 0.2) is 35.5 Å². The SMILES string of the molecule is CCC1(CC)C=CC(C)(c2cccnc2C(=O)O)N=C1. The molecule has 1 aliphatic heterocycles. The van der Waals surface area contributed by atoms with Crippen LogP contribution in [0.3, 0.4) is 0 Å². The highest BCUT2D eigenvalue weighted by molar-refractivity contribution is 5.88. The van der Waals surface area contributed by atoms with Gasteiger partial charge in [0.15, 0.2) is 5.69 Å². The number of aromatic nitrogens is 1. The van der Waals surface area contributed by atoms with Gasteiger partial charge in [-0.1, -0.05) is 32.1 Å². The number of rotatable bonds is 4. The molecule has 0 amide bonds. The van der Waals surface area contributed by atoms with Crippen LogP contribution in [0.25, 0.3) is 0 Å². The molecule has 0 saturated heterocycles. The summed E-state index contributed by atoms with van der Waals surface area (Å²) in [5.74, 6) is -1.02. The van der Waals surface area contributed by atoms with E-state index >= 15 is 0 Å². The number of hydrogen-bond donors (Lipinski definition) is 1. The molecule has 0 radical (unpaired) electrons. The highest BCUT2D eigenvalue weighted by Gasteiger charge is 2.34. The van der Waals surface area contributed by atoms with Crippen LogP contribution in [-0.2, 0) is 5.54 Å². The van der Waals surface area contributed by atoms with Gasteiger partial charge in [-0.2, -0.15) is 0 Å². The van der Waals surface area contributed by atoms with Crippen LogP contribution in [0.4, 0.5) is 0 Å². The number of carbonyl (C=O) groups is 1. The van der Waals surface area contributed by atoms with E-state index in [1.807, 2.05) is 19.2 Å². The minimum absolute atomic E-state index is 0.00882. The summed E-state index contributed by atoms with van der Waals surface area (Å²) in [6.07, 6.45) is 9.58. The molecule has 1 aliphatic rings. The summed E-state index contributed by atoms with van der Waals surface area (Å²) in [6, 6.07) is 3.53. The standard InChI is InChI=1S/C16H20N2O2/c1-4-16(5-2)9-8-15(3,18-11-16)12-7-6-10-17-13(12)14(19)20/h6-11H,4-5H2,1-3H3,(H,19,20). The molecule has 1 N–H and O–H groups in total. The third kappa shape index (κ3) is 2.38. The summed E-state index contributed by atoms with van der Waals surface area (Å²) in [7, 11) is 0. The molecular weight excluding hydrogens is 252 g/mol. The molecule has 20 heavy (non-hydrogen) atoms. The average Bonchev–Trinajstić information content (AvgIpc) is 2.48. The maximum Gasteiger partial charge on any atom is 0.354 e. The molecule has 1 unspecified atom stereocenters. The average molecular weight is 272 g/mol. The molecule has 1 atom stereocenters. The van der Waals surface area contributed by atoms with Crippen molar-refractivity contribution in [2.45, 2.75) is 39.2 Å². The number of hydrogen-bond acceptors (Lipinski definition) is 3. The van der Waals surface area contributed by atoms with Crippen LogP contribution in [0.5, 0.6) is 0 Å². The predicted molar refractivity (Wildman–Crippen MR) is 79.2 cm³/mol. The van der Waals surface area contributed by atoms with E-state index in [0.29, 0.717) is 5.56 Å². The van der Waals surface area contributed by atoms with Gasteiger partial charge in [0.2, 0.25) is 0 Å². The lowest BCUT2D eigenvalue weighted by Crippen LogP contribution is -2.29. The van der Waals surface area contributed by atoms with Crippen LogP contribution in [0.2, 0.25) is 0 Å². The molecule has 0 fully saturated rings. The molecule has 1 aromatic rings. The Morgan fingerprint density at radius 3 is 2.50 bits per heavy atom. The number of nitrogens with zero attached hydrogens (tertiary/aromatic N) is 2. The van der Waals surface area contributed by atoms with Crippen molar-refractivity contribution in [2.24, 2.45) is 10.4 Å². The van der Waals surface area contributed by atoms with Gasteiger partial charge < -0.3 is 5.11 Å². The van der Waals surface area contributed by atoms with Gasteiger partial charge in [0.05, 0.1) is 0 Å². The summed E-state index contributed by atoms with van der Waals surface area (Å²) in [4.78, 5) is 19.9. The van der Waals surface area contributed by atoms with Gasteiger partial charge in [0.1, 0.15) is 5.54 Å².